The van der Waals surface area contributed by atoms with E-state index in [9.17, 15) is 29.1 Å². The lowest BCUT2D eigenvalue weighted by atomic mass is 9.91. The fourth-order valence-electron chi connectivity index (χ4n) is 6.26. The number of aromatic amines is 1. The van der Waals surface area contributed by atoms with E-state index in [0.29, 0.717) is 18.7 Å². The lowest BCUT2D eigenvalue weighted by Crippen LogP contribution is -2.57. The van der Waals surface area contributed by atoms with Crippen LogP contribution in [0.15, 0.2) is 85.3 Å². The number of fused-ring (bicyclic) bond motifs is 1. The molecule has 1 aromatic heterocycles. The van der Waals surface area contributed by atoms with Gasteiger partial charge in [0.05, 0.1) is 24.0 Å². The summed E-state index contributed by atoms with van der Waals surface area (Å²) in [5.41, 5.74) is 2.45. The minimum Gasteiger partial charge on any atom is -0.381 e. The minimum atomic E-state index is -1.72. The van der Waals surface area contributed by atoms with Crippen LogP contribution in [-0.4, -0.2) is 69.3 Å². The summed E-state index contributed by atoms with van der Waals surface area (Å²) in [5.74, 6) is -3.78. The van der Waals surface area contributed by atoms with Crippen LogP contribution in [0.3, 0.4) is 0 Å². The number of amides is 5. The number of nitrogens with zero attached hydrogens (tertiary/aromatic N) is 1. The Labute approximate surface area is 310 Å². The van der Waals surface area contributed by atoms with Gasteiger partial charge in [0.1, 0.15) is 6.04 Å². The molecule has 0 saturated carbocycles. The highest BCUT2D eigenvalue weighted by atomic mass is 16.3. The maximum absolute atomic E-state index is 14.2. The van der Waals surface area contributed by atoms with Crippen molar-refractivity contribution >= 4 is 40.3 Å². The Hall–Kier alpha value is -5.36. The van der Waals surface area contributed by atoms with E-state index in [4.69, 9.17) is 0 Å². The van der Waals surface area contributed by atoms with E-state index >= 15 is 0 Å². The van der Waals surface area contributed by atoms with Crippen molar-refractivity contribution < 1.29 is 29.1 Å². The Morgan fingerprint density at radius 3 is 2.17 bits per heavy atom. The second-order valence-corrected chi connectivity index (χ2v) is 14.4. The van der Waals surface area contributed by atoms with E-state index in [1.54, 1.807) is 6.20 Å². The zero-order valence-corrected chi connectivity index (χ0v) is 30.9. The number of imide groups is 1. The standard InChI is InChI=1S/C41H52N6O6/c1-26(2)19-34(38(50)41(53)47-37(49)20-27(3)4)45-40(52)35(23-32-24-42-25-44-32)46-39(51)31(21-30-15-10-14-29-13-8-9-16-33(29)30)22-36(48)43-18-17-28-11-6-5-7-12-28/h5-16,24-27,31,34-35,38,50H,17-23H2,1-4H3,(H,42,44)(H,43,48)(H,45,52)(H,46,51)(H,47,49,53)/t31?,34-,35-,38?/m0/s1. The summed E-state index contributed by atoms with van der Waals surface area (Å²) in [6, 6.07) is 21.2. The smallest absolute Gasteiger partial charge is 0.257 e. The zero-order chi connectivity index (χ0) is 38.3. The summed E-state index contributed by atoms with van der Waals surface area (Å²) < 4.78 is 0. The Morgan fingerprint density at radius 2 is 1.47 bits per heavy atom. The molecule has 12 nitrogen and oxygen atoms in total. The third-order valence-corrected chi connectivity index (χ3v) is 8.89. The number of aliphatic hydroxyl groups is 1. The summed E-state index contributed by atoms with van der Waals surface area (Å²) in [7, 11) is 0. The molecule has 4 atom stereocenters. The molecular formula is C41H52N6O6. The van der Waals surface area contributed by atoms with Crippen LogP contribution in [-0.2, 0) is 43.2 Å². The third-order valence-electron chi connectivity index (χ3n) is 8.89. The van der Waals surface area contributed by atoms with E-state index < -0.39 is 47.7 Å². The highest BCUT2D eigenvalue weighted by molar-refractivity contribution is 5.98. The average molecular weight is 725 g/mol. The minimum absolute atomic E-state index is 0.00215. The number of aliphatic hydroxyl groups excluding tert-OH is 1. The molecule has 4 rings (SSSR count). The van der Waals surface area contributed by atoms with E-state index in [2.05, 4.69) is 31.2 Å². The van der Waals surface area contributed by atoms with Crippen LogP contribution >= 0.6 is 0 Å². The topological polar surface area (TPSA) is 182 Å². The van der Waals surface area contributed by atoms with Crippen LogP contribution in [0, 0.1) is 17.8 Å². The molecule has 53 heavy (non-hydrogen) atoms. The second-order valence-electron chi connectivity index (χ2n) is 14.4. The van der Waals surface area contributed by atoms with Crippen molar-refractivity contribution in [3.05, 3.63) is 102 Å². The van der Waals surface area contributed by atoms with Gasteiger partial charge in [-0.25, -0.2) is 4.98 Å². The van der Waals surface area contributed by atoms with Crippen LogP contribution in [0.1, 0.15) is 63.8 Å². The number of aromatic nitrogens is 2. The molecule has 0 aliphatic heterocycles. The van der Waals surface area contributed by atoms with E-state index in [1.165, 1.54) is 6.33 Å². The monoisotopic (exact) mass is 724 g/mol. The summed E-state index contributed by atoms with van der Waals surface area (Å²) in [5, 5.41) is 23.8. The van der Waals surface area contributed by atoms with Crippen molar-refractivity contribution in [3.63, 3.8) is 0 Å². The number of benzene rings is 3. The molecule has 6 N–H and O–H groups in total. The SMILES string of the molecule is CC(C)CC(=O)NC(=O)C(O)[C@H](CC(C)C)NC(=O)[C@H](Cc1c[nH]cn1)NC(=O)C(CC(=O)NCCc1ccccc1)Cc1cccc2ccccc12. The van der Waals surface area contributed by atoms with Crippen molar-refractivity contribution in [2.75, 3.05) is 6.54 Å². The van der Waals surface area contributed by atoms with Crippen LogP contribution in [0.25, 0.3) is 10.8 Å². The van der Waals surface area contributed by atoms with Crippen molar-refractivity contribution in [1.29, 1.82) is 0 Å². The van der Waals surface area contributed by atoms with Crippen LogP contribution in [0.2, 0.25) is 0 Å². The Kier molecular flexibility index (Phi) is 15.3. The summed E-state index contributed by atoms with van der Waals surface area (Å²) in [6.07, 6.45) is 2.39. The number of hydrogen-bond acceptors (Lipinski definition) is 7. The molecule has 5 amide bonds. The van der Waals surface area contributed by atoms with Gasteiger partial charge in [0, 0.05) is 32.0 Å². The average Bonchev–Trinajstić information content (AvgIpc) is 3.63. The van der Waals surface area contributed by atoms with Gasteiger partial charge in [-0.05, 0) is 53.0 Å². The molecule has 0 aliphatic rings. The van der Waals surface area contributed by atoms with Crippen LogP contribution < -0.4 is 21.3 Å². The molecule has 0 radical (unpaired) electrons. The van der Waals surface area contributed by atoms with Gasteiger partial charge in [-0.15, -0.1) is 0 Å². The summed E-state index contributed by atoms with van der Waals surface area (Å²) in [6.45, 7) is 7.81. The molecule has 282 valence electrons. The first kappa shape index (κ1) is 40.4. The normalized spacial score (nSPS) is 13.6. The number of nitrogens with one attached hydrogen (secondary N) is 5. The first-order chi connectivity index (χ1) is 25.4. The van der Waals surface area contributed by atoms with Crippen molar-refractivity contribution in [2.45, 2.75) is 84.4 Å². The maximum Gasteiger partial charge on any atom is 0.257 e. The molecule has 0 aliphatic carbocycles. The molecule has 0 bridgehead atoms. The summed E-state index contributed by atoms with van der Waals surface area (Å²) in [4.78, 5) is 73.8. The maximum atomic E-state index is 14.2. The van der Waals surface area contributed by atoms with Gasteiger partial charge in [0.25, 0.3) is 5.91 Å². The summed E-state index contributed by atoms with van der Waals surface area (Å²) >= 11 is 0. The Morgan fingerprint density at radius 1 is 0.755 bits per heavy atom. The van der Waals surface area contributed by atoms with Crippen LogP contribution in [0.5, 0.6) is 0 Å². The molecule has 0 fully saturated rings. The molecule has 12 heteroatoms. The molecule has 4 aromatic rings. The zero-order valence-electron chi connectivity index (χ0n) is 30.9. The molecule has 0 saturated heterocycles. The number of rotatable bonds is 19. The molecule has 1 heterocycles. The van der Waals surface area contributed by atoms with E-state index in [1.807, 2.05) is 100 Å². The van der Waals surface area contributed by atoms with Gasteiger partial charge in [-0.1, -0.05) is 100 Å². The number of carbonyl (C=O) groups excluding carboxylic acids is 5. The Bertz CT molecular complexity index is 1800. The molecule has 2 unspecified atom stereocenters. The number of hydrogen-bond donors (Lipinski definition) is 6. The van der Waals surface area contributed by atoms with Crippen molar-refractivity contribution in [3.8, 4) is 0 Å². The van der Waals surface area contributed by atoms with E-state index in [-0.39, 0.29) is 49.8 Å². The lowest BCUT2D eigenvalue weighted by molar-refractivity contribution is -0.138. The first-order valence-corrected chi connectivity index (χ1v) is 18.3. The second kappa shape index (κ2) is 20.0. The largest absolute Gasteiger partial charge is 0.381 e. The number of H-pyrrole nitrogens is 1. The van der Waals surface area contributed by atoms with Gasteiger partial charge < -0.3 is 26.0 Å². The molecule has 0 spiro atoms. The van der Waals surface area contributed by atoms with Crippen molar-refractivity contribution in [1.82, 2.24) is 31.2 Å². The highest BCUT2D eigenvalue weighted by Crippen LogP contribution is 2.23. The number of carbonyl (C=O) groups is 5. The van der Waals surface area contributed by atoms with Crippen molar-refractivity contribution in [2.24, 2.45) is 17.8 Å². The Balaban J connectivity index is 1.55. The molecule has 3 aromatic carbocycles. The van der Waals surface area contributed by atoms with Gasteiger partial charge in [0.15, 0.2) is 6.10 Å². The van der Waals surface area contributed by atoms with Gasteiger partial charge in [-0.2, -0.15) is 0 Å². The predicted octanol–water partition coefficient (Wildman–Crippen LogP) is 3.78. The van der Waals surface area contributed by atoms with Gasteiger partial charge >= 0.3 is 0 Å². The van der Waals surface area contributed by atoms with Gasteiger partial charge in [0.2, 0.25) is 23.6 Å². The number of imidazole rings is 1. The first-order valence-electron chi connectivity index (χ1n) is 18.3. The van der Waals surface area contributed by atoms with Gasteiger partial charge in [-0.3, -0.25) is 29.3 Å². The highest BCUT2D eigenvalue weighted by Gasteiger charge is 2.34. The predicted molar refractivity (Wildman–Crippen MR) is 203 cm³/mol. The van der Waals surface area contributed by atoms with E-state index in [0.717, 1.165) is 21.9 Å². The molecular weight excluding hydrogens is 672 g/mol. The lowest BCUT2D eigenvalue weighted by Gasteiger charge is -2.28. The third kappa shape index (κ3) is 13.0. The fraction of sp³-hybridized carbons (Fsp3) is 0.415. The van der Waals surface area contributed by atoms with Crippen LogP contribution in [0.4, 0.5) is 0 Å². The fourth-order valence-corrected chi connectivity index (χ4v) is 6.26. The quantitative estimate of drug-likeness (QED) is 0.0851.